The van der Waals surface area contributed by atoms with E-state index in [1.54, 1.807) is 30.3 Å². The summed E-state index contributed by atoms with van der Waals surface area (Å²) in [5, 5.41) is -0.134. The normalized spacial score (nSPS) is 17.6. The van der Waals surface area contributed by atoms with Crippen LogP contribution in [0.4, 0.5) is 5.69 Å². The number of hydrogen-bond donors (Lipinski definition) is 0. The first kappa shape index (κ1) is 17.8. The molecule has 0 atom stereocenters. The number of thioether (sulfide) groups is 1. The first-order valence-electron chi connectivity index (χ1n) is 9.21. The second-order valence-corrected chi connectivity index (χ2v) is 8.11. The number of amides is 1. The van der Waals surface area contributed by atoms with E-state index in [1.165, 1.54) is 0 Å². The third kappa shape index (κ3) is 3.05. The Morgan fingerprint density at radius 2 is 2.07 bits per heavy atom. The van der Waals surface area contributed by atoms with Gasteiger partial charge in [0.2, 0.25) is 11.0 Å². The number of hydrogen-bond acceptors (Lipinski definition) is 6. The topological polar surface area (TPSA) is 85.2 Å². The minimum absolute atomic E-state index is 0.0433. The van der Waals surface area contributed by atoms with Gasteiger partial charge in [-0.2, -0.15) is 0 Å². The Hall–Kier alpha value is -3.26. The van der Waals surface area contributed by atoms with Crippen LogP contribution in [0.2, 0.25) is 0 Å². The predicted molar refractivity (Wildman–Crippen MR) is 111 cm³/mol. The van der Waals surface area contributed by atoms with Gasteiger partial charge >= 0.3 is 0 Å². The van der Waals surface area contributed by atoms with Crippen molar-refractivity contribution < 1.29 is 14.4 Å². The molecule has 3 aromatic rings. The Labute approximate surface area is 170 Å². The van der Waals surface area contributed by atoms with Gasteiger partial charge in [-0.05, 0) is 60.2 Å². The first-order valence-corrected chi connectivity index (χ1v) is 10.0. The summed E-state index contributed by atoms with van der Waals surface area (Å²) in [5.74, 6) is -0.120. The monoisotopic (exact) mass is 404 g/mol. The van der Waals surface area contributed by atoms with E-state index in [0.29, 0.717) is 22.8 Å². The highest BCUT2D eigenvalue weighted by molar-refractivity contribution is 8.18. The van der Waals surface area contributed by atoms with Crippen molar-refractivity contribution in [2.45, 2.75) is 19.8 Å². The molecule has 0 aliphatic carbocycles. The summed E-state index contributed by atoms with van der Waals surface area (Å²) in [5.41, 5.74) is 4.99. The molecule has 8 heteroatoms. The fraction of sp³-hybridized carbons (Fsp3) is 0.190. The summed E-state index contributed by atoms with van der Waals surface area (Å²) in [4.78, 5) is 46.4. The van der Waals surface area contributed by atoms with Crippen LogP contribution < -0.4 is 4.90 Å². The minimum atomic E-state index is -0.163. The molecule has 2 aliphatic rings. The molecule has 0 unspecified atom stereocenters. The third-order valence-electron chi connectivity index (χ3n) is 5.12. The van der Waals surface area contributed by atoms with E-state index in [1.807, 2.05) is 22.8 Å². The van der Waals surface area contributed by atoms with Gasteiger partial charge in [-0.1, -0.05) is 0 Å². The maximum absolute atomic E-state index is 11.9. The SMILES string of the molecule is CC(=O)N1CCc2cc(-n3cnc4ccc(/C=C5\SC(=O)CC5=O)nc43)ccc21. The van der Waals surface area contributed by atoms with Crippen molar-refractivity contribution in [1.82, 2.24) is 14.5 Å². The van der Waals surface area contributed by atoms with Gasteiger partial charge in [-0.15, -0.1) is 0 Å². The number of carbonyl (C=O) groups is 3. The fourth-order valence-corrected chi connectivity index (χ4v) is 4.54. The van der Waals surface area contributed by atoms with Crippen molar-refractivity contribution in [2.24, 2.45) is 0 Å². The van der Waals surface area contributed by atoms with Crippen molar-refractivity contribution in [3.05, 3.63) is 52.8 Å². The van der Waals surface area contributed by atoms with E-state index in [0.717, 1.165) is 40.6 Å². The van der Waals surface area contributed by atoms with Gasteiger partial charge < -0.3 is 4.90 Å². The highest BCUT2D eigenvalue weighted by Crippen LogP contribution is 2.32. The standard InChI is InChI=1S/C21H16N4O3S/c1-12(26)24-7-6-13-8-15(3-5-17(13)24)25-11-22-16-4-2-14(23-21(16)25)9-19-18(27)10-20(28)29-19/h2-5,8-9,11H,6-7,10H2,1H3/b19-9-. The molecule has 0 radical (unpaired) electrons. The Balaban J connectivity index is 1.55. The molecule has 0 N–H and O–H groups in total. The van der Waals surface area contributed by atoms with Crippen LogP contribution in [0.1, 0.15) is 24.6 Å². The van der Waals surface area contributed by atoms with Gasteiger partial charge in [0.05, 0.1) is 17.0 Å². The van der Waals surface area contributed by atoms with Gasteiger partial charge in [0.1, 0.15) is 11.8 Å². The number of rotatable bonds is 2. The molecule has 1 saturated heterocycles. The quantitative estimate of drug-likeness (QED) is 0.482. The van der Waals surface area contributed by atoms with Crippen LogP contribution in [0.5, 0.6) is 0 Å². The molecule has 0 spiro atoms. The number of imidazole rings is 1. The van der Waals surface area contributed by atoms with Crippen molar-refractivity contribution in [3.8, 4) is 5.69 Å². The molecular weight excluding hydrogens is 388 g/mol. The largest absolute Gasteiger partial charge is 0.312 e. The molecule has 7 nitrogen and oxygen atoms in total. The lowest BCUT2D eigenvalue weighted by Crippen LogP contribution is -2.25. The number of benzene rings is 1. The van der Waals surface area contributed by atoms with E-state index in [9.17, 15) is 14.4 Å². The van der Waals surface area contributed by atoms with Crippen LogP contribution in [-0.4, -0.2) is 37.9 Å². The zero-order valence-corrected chi connectivity index (χ0v) is 16.4. The maximum Gasteiger partial charge on any atom is 0.223 e. The van der Waals surface area contributed by atoms with Gasteiger partial charge in [-0.25, -0.2) is 9.97 Å². The van der Waals surface area contributed by atoms with Crippen LogP contribution in [0.25, 0.3) is 22.9 Å². The molecule has 1 fully saturated rings. The summed E-state index contributed by atoms with van der Waals surface area (Å²) in [6.07, 6.45) is 4.13. The lowest BCUT2D eigenvalue weighted by atomic mass is 10.1. The zero-order valence-electron chi connectivity index (χ0n) is 15.6. The summed E-state index contributed by atoms with van der Waals surface area (Å²) in [6, 6.07) is 9.60. The molecule has 144 valence electrons. The van der Waals surface area contributed by atoms with Crippen LogP contribution in [-0.2, 0) is 20.8 Å². The Morgan fingerprint density at radius 3 is 2.83 bits per heavy atom. The van der Waals surface area contributed by atoms with Crippen molar-refractivity contribution >= 4 is 51.5 Å². The van der Waals surface area contributed by atoms with Crippen LogP contribution >= 0.6 is 11.8 Å². The number of allylic oxidation sites excluding steroid dienone is 1. The molecule has 2 aliphatic heterocycles. The highest BCUT2D eigenvalue weighted by atomic mass is 32.2. The summed E-state index contributed by atoms with van der Waals surface area (Å²) < 4.78 is 1.89. The molecule has 29 heavy (non-hydrogen) atoms. The second-order valence-electron chi connectivity index (χ2n) is 7.01. The number of aromatic nitrogens is 3. The van der Waals surface area contributed by atoms with E-state index < -0.39 is 0 Å². The number of anilines is 1. The van der Waals surface area contributed by atoms with Gasteiger partial charge in [0.25, 0.3) is 0 Å². The van der Waals surface area contributed by atoms with Gasteiger partial charge in [0.15, 0.2) is 11.4 Å². The third-order valence-corrected chi connectivity index (χ3v) is 6.05. The van der Waals surface area contributed by atoms with E-state index >= 15 is 0 Å². The molecule has 4 heterocycles. The molecule has 1 aromatic carbocycles. The summed E-state index contributed by atoms with van der Waals surface area (Å²) in [7, 11) is 0. The summed E-state index contributed by atoms with van der Waals surface area (Å²) in [6.45, 7) is 2.27. The number of fused-ring (bicyclic) bond motifs is 2. The van der Waals surface area contributed by atoms with Crippen molar-refractivity contribution in [2.75, 3.05) is 11.4 Å². The highest BCUT2D eigenvalue weighted by Gasteiger charge is 2.26. The lowest BCUT2D eigenvalue weighted by molar-refractivity contribution is -0.119. The van der Waals surface area contributed by atoms with E-state index in [-0.39, 0.29) is 23.2 Å². The molecule has 2 aromatic heterocycles. The molecular formula is C21H16N4O3S. The average molecular weight is 404 g/mol. The Morgan fingerprint density at radius 1 is 1.21 bits per heavy atom. The Bertz CT molecular complexity index is 1240. The fourth-order valence-electron chi connectivity index (χ4n) is 3.72. The van der Waals surface area contributed by atoms with Crippen LogP contribution in [0.15, 0.2) is 41.6 Å². The maximum atomic E-state index is 11.9. The second kappa shape index (κ2) is 6.66. The number of ketones is 1. The zero-order chi connectivity index (χ0) is 20.1. The number of pyridine rings is 1. The van der Waals surface area contributed by atoms with Crippen LogP contribution in [0, 0.1) is 0 Å². The lowest BCUT2D eigenvalue weighted by Gasteiger charge is -2.15. The predicted octanol–water partition coefficient (Wildman–Crippen LogP) is 2.90. The molecule has 0 bridgehead atoms. The van der Waals surface area contributed by atoms with E-state index in [4.69, 9.17) is 0 Å². The van der Waals surface area contributed by atoms with Crippen LogP contribution in [0.3, 0.4) is 0 Å². The number of carbonyl (C=O) groups excluding carboxylic acids is 3. The van der Waals surface area contributed by atoms with Crippen molar-refractivity contribution in [3.63, 3.8) is 0 Å². The average Bonchev–Trinajstić information content (AvgIpc) is 3.38. The summed E-state index contributed by atoms with van der Waals surface area (Å²) >= 11 is 0.971. The van der Waals surface area contributed by atoms with E-state index in [2.05, 4.69) is 16.0 Å². The minimum Gasteiger partial charge on any atom is -0.312 e. The number of Topliss-reactive ketones (excluding diaryl/α,β-unsaturated/α-hetero) is 1. The Kier molecular flexibility index (Phi) is 4.09. The van der Waals surface area contributed by atoms with Gasteiger partial charge in [-0.3, -0.25) is 19.0 Å². The molecule has 5 rings (SSSR count). The van der Waals surface area contributed by atoms with Gasteiger partial charge in [0, 0.05) is 24.8 Å². The molecule has 1 amide bonds. The first-order chi connectivity index (χ1) is 14.0. The van der Waals surface area contributed by atoms with Crippen molar-refractivity contribution in [1.29, 1.82) is 0 Å². The number of nitrogens with zero attached hydrogens (tertiary/aromatic N) is 4. The smallest absolute Gasteiger partial charge is 0.223 e. The molecule has 0 saturated carbocycles.